The first-order valence-electron chi connectivity index (χ1n) is 6.05. The molecule has 3 aromatic heterocycles. The number of fused-ring (bicyclic) bond motifs is 2. The molecule has 4 rings (SSSR count). The summed E-state index contributed by atoms with van der Waals surface area (Å²) in [7, 11) is 0. The molecule has 0 amide bonds. The second kappa shape index (κ2) is 4.94. The summed E-state index contributed by atoms with van der Waals surface area (Å²) in [6.45, 7) is 0. The van der Waals surface area contributed by atoms with Crippen molar-refractivity contribution >= 4 is 45.4 Å². The average Bonchev–Trinajstić information content (AvgIpc) is 2.96. The molecule has 21 heavy (non-hydrogen) atoms. The molecule has 0 spiro atoms. The zero-order valence-corrected chi connectivity index (χ0v) is 12.1. The molecule has 0 saturated carbocycles. The lowest BCUT2D eigenvalue weighted by molar-refractivity contribution is 1.06. The smallest absolute Gasteiger partial charge is 0.224 e. The highest BCUT2D eigenvalue weighted by molar-refractivity contribution is 7.99. The monoisotopic (exact) mass is 314 g/mol. The van der Waals surface area contributed by atoms with E-state index in [-0.39, 0.29) is 5.28 Å². The zero-order chi connectivity index (χ0) is 14.2. The van der Waals surface area contributed by atoms with Gasteiger partial charge < -0.3 is 4.98 Å². The number of halogens is 1. The molecule has 0 aliphatic carbocycles. The molecular weight excluding hydrogens is 308 g/mol. The zero-order valence-electron chi connectivity index (χ0n) is 10.5. The van der Waals surface area contributed by atoms with Crippen molar-refractivity contribution in [1.82, 2.24) is 29.9 Å². The largest absolute Gasteiger partial charge is 0.341 e. The first kappa shape index (κ1) is 12.5. The minimum absolute atomic E-state index is 0.214. The molecule has 1 aromatic carbocycles. The molecule has 0 bridgehead atoms. The van der Waals surface area contributed by atoms with E-state index in [4.69, 9.17) is 11.6 Å². The highest BCUT2D eigenvalue weighted by Gasteiger charge is 2.12. The first-order chi connectivity index (χ1) is 10.3. The van der Waals surface area contributed by atoms with Gasteiger partial charge in [-0.1, -0.05) is 18.2 Å². The van der Waals surface area contributed by atoms with Crippen LogP contribution in [0.5, 0.6) is 0 Å². The number of hydrogen-bond acceptors (Lipinski definition) is 6. The van der Waals surface area contributed by atoms with Crippen LogP contribution in [0.25, 0.3) is 22.1 Å². The number of benzene rings is 1. The lowest BCUT2D eigenvalue weighted by atomic mass is 10.2. The molecular formula is C13H7ClN6S. The normalized spacial score (nSPS) is 11.3. The third kappa shape index (κ3) is 2.20. The van der Waals surface area contributed by atoms with Crippen LogP contribution in [0, 0.1) is 0 Å². The van der Waals surface area contributed by atoms with Gasteiger partial charge >= 0.3 is 0 Å². The summed E-state index contributed by atoms with van der Waals surface area (Å²) in [5.41, 5.74) is 2.20. The summed E-state index contributed by atoms with van der Waals surface area (Å²) in [4.78, 5) is 24.1. The molecule has 0 aliphatic heterocycles. The van der Waals surface area contributed by atoms with Crippen LogP contribution >= 0.6 is 23.4 Å². The Morgan fingerprint density at radius 3 is 2.86 bits per heavy atom. The van der Waals surface area contributed by atoms with Crippen LogP contribution in [0.1, 0.15) is 0 Å². The van der Waals surface area contributed by atoms with Gasteiger partial charge in [-0.25, -0.2) is 24.9 Å². The first-order valence-corrected chi connectivity index (χ1v) is 7.25. The quantitative estimate of drug-likeness (QED) is 0.452. The molecule has 1 N–H and O–H groups in total. The van der Waals surface area contributed by atoms with E-state index >= 15 is 0 Å². The number of nitrogens with zero attached hydrogens (tertiary/aromatic N) is 5. The van der Waals surface area contributed by atoms with Crippen molar-refractivity contribution < 1.29 is 0 Å². The fourth-order valence-corrected chi connectivity index (χ4v) is 3.19. The van der Waals surface area contributed by atoms with Gasteiger partial charge in [-0.05, 0) is 29.4 Å². The molecule has 102 valence electrons. The van der Waals surface area contributed by atoms with Crippen molar-refractivity contribution in [2.45, 2.75) is 10.1 Å². The fraction of sp³-hybridized carbons (Fsp3) is 0. The number of hydrogen-bond donors (Lipinski definition) is 1. The van der Waals surface area contributed by atoms with Crippen LogP contribution in [-0.2, 0) is 0 Å². The fourth-order valence-electron chi connectivity index (χ4n) is 2.01. The van der Waals surface area contributed by atoms with Gasteiger partial charge in [0.2, 0.25) is 5.28 Å². The molecule has 0 radical (unpaired) electrons. The lowest BCUT2D eigenvalue weighted by Gasteiger charge is -2.05. The number of para-hydroxylation sites is 1. The summed E-state index contributed by atoms with van der Waals surface area (Å²) in [6, 6.07) is 7.71. The van der Waals surface area contributed by atoms with Crippen LogP contribution in [0.2, 0.25) is 5.28 Å². The number of aromatic nitrogens is 6. The molecule has 0 unspecified atom stereocenters. The number of aromatic amines is 1. The minimum atomic E-state index is 0.214. The van der Waals surface area contributed by atoms with Gasteiger partial charge in [0, 0.05) is 5.39 Å². The highest BCUT2D eigenvalue weighted by atomic mass is 35.5. The van der Waals surface area contributed by atoms with Crippen LogP contribution < -0.4 is 0 Å². The van der Waals surface area contributed by atoms with E-state index in [1.165, 1.54) is 18.1 Å². The second-order valence-electron chi connectivity index (χ2n) is 4.20. The van der Waals surface area contributed by atoms with Gasteiger partial charge in [0.25, 0.3) is 0 Å². The van der Waals surface area contributed by atoms with Crippen molar-refractivity contribution in [1.29, 1.82) is 0 Å². The van der Waals surface area contributed by atoms with Crippen LogP contribution in [-0.4, -0.2) is 29.9 Å². The average molecular weight is 315 g/mol. The Balaban J connectivity index is 1.89. The Hall–Kier alpha value is -2.25. The van der Waals surface area contributed by atoms with E-state index in [1.807, 2.05) is 24.3 Å². The summed E-state index contributed by atoms with van der Waals surface area (Å²) in [5.74, 6) is 0. The van der Waals surface area contributed by atoms with Crippen molar-refractivity contribution in [2.75, 3.05) is 0 Å². The standard InChI is InChI=1S/C13H7ClN6S/c14-13-19-8-4-2-1-3-7(8)11(20-13)21-12-9-10(16-5-15-9)17-6-18-12/h1-6H,(H,15,16,17,18). The highest BCUT2D eigenvalue weighted by Crippen LogP contribution is 2.33. The van der Waals surface area contributed by atoms with Gasteiger partial charge in [0.1, 0.15) is 21.9 Å². The van der Waals surface area contributed by atoms with Gasteiger partial charge in [0.05, 0.1) is 11.8 Å². The molecule has 4 aromatic rings. The lowest BCUT2D eigenvalue weighted by Crippen LogP contribution is -1.91. The Morgan fingerprint density at radius 2 is 1.90 bits per heavy atom. The topological polar surface area (TPSA) is 80.2 Å². The van der Waals surface area contributed by atoms with Gasteiger partial charge in [-0.2, -0.15) is 0 Å². The Kier molecular flexibility index (Phi) is 2.94. The molecule has 0 saturated heterocycles. The molecule has 0 fully saturated rings. The number of H-pyrrole nitrogens is 1. The van der Waals surface area contributed by atoms with E-state index in [9.17, 15) is 0 Å². The maximum Gasteiger partial charge on any atom is 0.224 e. The number of rotatable bonds is 2. The van der Waals surface area contributed by atoms with E-state index in [0.29, 0.717) is 5.65 Å². The van der Waals surface area contributed by atoms with E-state index in [2.05, 4.69) is 29.9 Å². The van der Waals surface area contributed by atoms with Crippen molar-refractivity contribution in [2.24, 2.45) is 0 Å². The van der Waals surface area contributed by atoms with Crippen LogP contribution in [0.15, 0.2) is 47.0 Å². The van der Waals surface area contributed by atoms with Crippen molar-refractivity contribution in [3.63, 3.8) is 0 Å². The molecule has 3 heterocycles. The predicted molar refractivity (Wildman–Crippen MR) is 80.4 cm³/mol. The molecule has 0 aliphatic rings. The van der Waals surface area contributed by atoms with Crippen molar-refractivity contribution in [3.8, 4) is 0 Å². The Bertz CT molecular complexity index is 954. The SMILES string of the molecule is Clc1nc(Sc2ncnc3nc[nH]c23)c2ccccc2n1. The summed E-state index contributed by atoms with van der Waals surface area (Å²) < 4.78 is 0. The van der Waals surface area contributed by atoms with E-state index < -0.39 is 0 Å². The van der Waals surface area contributed by atoms with E-state index in [1.54, 1.807) is 6.33 Å². The minimum Gasteiger partial charge on any atom is -0.341 e. The van der Waals surface area contributed by atoms with Crippen LogP contribution in [0.4, 0.5) is 0 Å². The Morgan fingerprint density at radius 1 is 1.00 bits per heavy atom. The maximum absolute atomic E-state index is 6.00. The van der Waals surface area contributed by atoms with Gasteiger partial charge in [-0.15, -0.1) is 0 Å². The summed E-state index contributed by atoms with van der Waals surface area (Å²) in [5, 5.41) is 2.64. The Labute approximate surface area is 128 Å². The van der Waals surface area contributed by atoms with Crippen molar-refractivity contribution in [3.05, 3.63) is 42.2 Å². The third-order valence-corrected chi connectivity index (χ3v) is 4.10. The molecule has 0 atom stereocenters. The molecule has 6 nitrogen and oxygen atoms in total. The number of imidazole rings is 1. The summed E-state index contributed by atoms with van der Waals surface area (Å²) >= 11 is 7.41. The third-order valence-electron chi connectivity index (χ3n) is 2.92. The van der Waals surface area contributed by atoms with Gasteiger partial charge in [-0.3, -0.25) is 0 Å². The molecule has 8 heteroatoms. The predicted octanol–water partition coefficient (Wildman–Crippen LogP) is 3.10. The summed E-state index contributed by atoms with van der Waals surface area (Å²) in [6.07, 6.45) is 3.07. The maximum atomic E-state index is 6.00. The second-order valence-corrected chi connectivity index (χ2v) is 5.51. The number of nitrogens with one attached hydrogen (secondary N) is 1. The van der Waals surface area contributed by atoms with Gasteiger partial charge in [0.15, 0.2) is 5.65 Å². The van der Waals surface area contributed by atoms with E-state index in [0.717, 1.165) is 26.5 Å². The van der Waals surface area contributed by atoms with Crippen LogP contribution in [0.3, 0.4) is 0 Å².